The van der Waals surface area contributed by atoms with Gasteiger partial charge in [0.05, 0.1) is 11.9 Å². The fourth-order valence-electron chi connectivity index (χ4n) is 1.31. The van der Waals surface area contributed by atoms with Crippen LogP contribution in [0.25, 0.3) is 0 Å². The normalized spacial score (nSPS) is 10.5. The van der Waals surface area contributed by atoms with Crippen molar-refractivity contribution in [1.82, 2.24) is 10.2 Å². The van der Waals surface area contributed by atoms with Crippen LogP contribution in [0.5, 0.6) is 0 Å². The van der Waals surface area contributed by atoms with Crippen molar-refractivity contribution in [2.45, 2.75) is 6.42 Å². The minimum absolute atomic E-state index is 0.112. The largest absolute Gasteiger partial charge is 0.454 e. The SMILES string of the molecule is O=c1[nH]ncc(NCCc2ccc(Br)o2)c1Cl. The Morgan fingerprint density at radius 3 is 3.06 bits per heavy atom. The van der Waals surface area contributed by atoms with E-state index in [4.69, 9.17) is 16.0 Å². The molecule has 0 unspecified atom stereocenters. The third kappa shape index (κ3) is 3.10. The zero-order valence-electron chi connectivity index (χ0n) is 8.67. The molecule has 0 aliphatic heterocycles. The molecule has 2 rings (SSSR count). The van der Waals surface area contributed by atoms with Crippen LogP contribution in [0.1, 0.15) is 5.76 Å². The van der Waals surface area contributed by atoms with Crippen molar-refractivity contribution in [2.75, 3.05) is 11.9 Å². The number of anilines is 1. The summed E-state index contributed by atoms with van der Waals surface area (Å²) in [6.07, 6.45) is 2.16. The molecule has 90 valence electrons. The first kappa shape index (κ1) is 12.2. The Balaban J connectivity index is 1.94. The molecule has 0 amide bonds. The standard InChI is InChI=1S/C10H9BrClN3O2/c11-8-2-1-6(17-8)3-4-13-7-5-14-15-10(16)9(7)12/h1-2,5H,3-4H2,(H2,13,15,16). The first-order valence-corrected chi connectivity index (χ1v) is 6.05. The smallest absolute Gasteiger partial charge is 0.285 e. The van der Waals surface area contributed by atoms with Gasteiger partial charge in [-0.05, 0) is 28.1 Å². The van der Waals surface area contributed by atoms with Crippen LogP contribution in [0, 0.1) is 0 Å². The lowest BCUT2D eigenvalue weighted by Crippen LogP contribution is -2.13. The number of nitrogens with one attached hydrogen (secondary N) is 2. The van der Waals surface area contributed by atoms with E-state index in [2.05, 4.69) is 31.4 Å². The summed E-state index contributed by atoms with van der Waals surface area (Å²) in [5.41, 5.74) is 0.110. The maximum absolute atomic E-state index is 11.2. The molecule has 0 aliphatic carbocycles. The average molecular weight is 319 g/mol. The zero-order chi connectivity index (χ0) is 12.3. The van der Waals surface area contributed by atoms with Crippen molar-refractivity contribution in [2.24, 2.45) is 0 Å². The summed E-state index contributed by atoms with van der Waals surface area (Å²) in [5.74, 6) is 0.846. The van der Waals surface area contributed by atoms with E-state index in [9.17, 15) is 4.79 Å². The summed E-state index contributed by atoms with van der Waals surface area (Å²) < 4.78 is 6.03. The van der Waals surface area contributed by atoms with E-state index in [-0.39, 0.29) is 5.02 Å². The number of rotatable bonds is 4. The third-order valence-electron chi connectivity index (χ3n) is 2.11. The van der Waals surface area contributed by atoms with Gasteiger partial charge in [-0.2, -0.15) is 5.10 Å². The van der Waals surface area contributed by atoms with Gasteiger partial charge in [-0.1, -0.05) is 11.6 Å². The second-order valence-electron chi connectivity index (χ2n) is 3.31. The van der Waals surface area contributed by atoms with Gasteiger partial charge in [0.1, 0.15) is 10.8 Å². The molecule has 2 heterocycles. The Bertz CT molecular complexity index is 567. The summed E-state index contributed by atoms with van der Waals surface area (Å²) in [6.45, 7) is 0.602. The number of hydrogen-bond donors (Lipinski definition) is 2. The molecular weight excluding hydrogens is 309 g/mol. The molecule has 0 aliphatic rings. The number of furan rings is 1. The predicted octanol–water partition coefficient (Wildman–Crippen LogP) is 2.43. The molecule has 0 bridgehead atoms. The van der Waals surface area contributed by atoms with E-state index in [1.54, 1.807) is 0 Å². The third-order valence-corrected chi connectivity index (χ3v) is 2.91. The van der Waals surface area contributed by atoms with Crippen molar-refractivity contribution in [3.8, 4) is 0 Å². The molecule has 7 heteroatoms. The highest BCUT2D eigenvalue weighted by atomic mass is 79.9. The monoisotopic (exact) mass is 317 g/mol. The van der Waals surface area contributed by atoms with Crippen molar-refractivity contribution < 1.29 is 4.42 Å². The highest BCUT2D eigenvalue weighted by molar-refractivity contribution is 9.10. The molecule has 17 heavy (non-hydrogen) atoms. The maximum atomic E-state index is 11.2. The lowest BCUT2D eigenvalue weighted by Gasteiger charge is -2.05. The lowest BCUT2D eigenvalue weighted by atomic mass is 10.3. The molecule has 0 atom stereocenters. The van der Waals surface area contributed by atoms with Crippen molar-refractivity contribution in [3.63, 3.8) is 0 Å². The van der Waals surface area contributed by atoms with E-state index in [0.29, 0.717) is 23.3 Å². The molecule has 0 radical (unpaired) electrons. The van der Waals surface area contributed by atoms with Crippen molar-refractivity contribution in [1.29, 1.82) is 0 Å². The van der Waals surface area contributed by atoms with Crippen molar-refractivity contribution >= 4 is 33.2 Å². The minimum Gasteiger partial charge on any atom is -0.454 e. The summed E-state index contributed by atoms with van der Waals surface area (Å²) in [4.78, 5) is 11.2. The second-order valence-corrected chi connectivity index (χ2v) is 4.47. The molecule has 5 nitrogen and oxygen atoms in total. The van der Waals surface area contributed by atoms with Gasteiger partial charge in [0.15, 0.2) is 4.67 Å². The van der Waals surface area contributed by atoms with Gasteiger partial charge in [0.25, 0.3) is 5.56 Å². The van der Waals surface area contributed by atoms with Gasteiger partial charge >= 0.3 is 0 Å². The van der Waals surface area contributed by atoms with Gasteiger partial charge < -0.3 is 9.73 Å². The quantitative estimate of drug-likeness (QED) is 0.908. The summed E-state index contributed by atoms with van der Waals surface area (Å²) in [6, 6.07) is 3.71. The number of aromatic nitrogens is 2. The van der Waals surface area contributed by atoms with Crippen LogP contribution >= 0.6 is 27.5 Å². The number of nitrogens with zero attached hydrogens (tertiary/aromatic N) is 1. The summed E-state index contributed by atoms with van der Waals surface area (Å²) >= 11 is 9.03. The number of hydrogen-bond acceptors (Lipinski definition) is 4. The molecule has 0 saturated carbocycles. The van der Waals surface area contributed by atoms with Crippen LogP contribution in [0.3, 0.4) is 0 Å². The van der Waals surface area contributed by atoms with Crippen molar-refractivity contribution in [3.05, 3.63) is 44.1 Å². The van der Waals surface area contributed by atoms with Gasteiger partial charge in [-0.25, -0.2) is 5.10 Å². The number of halogens is 2. The lowest BCUT2D eigenvalue weighted by molar-refractivity contribution is 0.491. The fourth-order valence-corrected chi connectivity index (χ4v) is 1.81. The van der Waals surface area contributed by atoms with E-state index in [1.165, 1.54) is 6.20 Å². The van der Waals surface area contributed by atoms with Crippen LogP contribution < -0.4 is 10.9 Å². The van der Waals surface area contributed by atoms with Crippen LogP contribution in [0.2, 0.25) is 5.02 Å². The number of H-pyrrole nitrogens is 1. The molecule has 0 spiro atoms. The van der Waals surface area contributed by atoms with Gasteiger partial charge in [-0.3, -0.25) is 4.79 Å². The minimum atomic E-state index is -0.405. The van der Waals surface area contributed by atoms with Gasteiger partial charge in [-0.15, -0.1) is 0 Å². The Hall–Kier alpha value is -1.27. The van der Waals surface area contributed by atoms with E-state index in [1.807, 2.05) is 12.1 Å². The van der Waals surface area contributed by atoms with Crippen LogP contribution in [-0.4, -0.2) is 16.7 Å². The Morgan fingerprint density at radius 2 is 2.35 bits per heavy atom. The number of aromatic amines is 1. The second kappa shape index (κ2) is 5.37. The average Bonchev–Trinajstić information content (AvgIpc) is 2.70. The topological polar surface area (TPSA) is 70.9 Å². The van der Waals surface area contributed by atoms with E-state index < -0.39 is 5.56 Å². The highest BCUT2D eigenvalue weighted by Gasteiger charge is 2.04. The summed E-state index contributed by atoms with van der Waals surface area (Å²) in [7, 11) is 0. The molecular formula is C10H9BrClN3O2. The zero-order valence-corrected chi connectivity index (χ0v) is 11.0. The van der Waals surface area contributed by atoms with Crippen LogP contribution in [0.4, 0.5) is 5.69 Å². The molecule has 2 aromatic rings. The van der Waals surface area contributed by atoms with Crippen LogP contribution in [0.15, 0.2) is 32.2 Å². The first-order chi connectivity index (χ1) is 8.16. The molecule has 2 aromatic heterocycles. The predicted molar refractivity (Wildman–Crippen MR) is 68.5 cm³/mol. The molecule has 0 saturated heterocycles. The highest BCUT2D eigenvalue weighted by Crippen LogP contribution is 2.16. The molecule has 0 fully saturated rings. The Labute approximate surface area is 110 Å². The van der Waals surface area contributed by atoms with Gasteiger partial charge in [0, 0.05) is 13.0 Å². The van der Waals surface area contributed by atoms with Crippen LogP contribution in [-0.2, 0) is 6.42 Å². The molecule has 0 aromatic carbocycles. The van der Waals surface area contributed by atoms with E-state index >= 15 is 0 Å². The van der Waals surface area contributed by atoms with Gasteiger partial charge in [0.2, 0.25) is 0 Å². The molecule has 2 N–H and O–H groups in total. The Kier molecular flexibility index (Phi) is 3.86. The first-order valence-electron chi connectivity index (χ1n) is 4.88. The van der Waals surface area contributed by atoms with E-state index in [0.717, 1.165) is 5.76 Å². The fraction of sp³-hybridized carbons (Fsp3) is 0.200. The summed E-state index contributed by atoms with van der Waals surface area (Å²) in [5, 5.41) is 9.04. The maximum Gasteiger partial charge on any atom is 0.285 e. The Morgan fingerprint density at radius 1 is 1.53 bits per heavy atom.